The number of rotatable bonds is 2. The van der Waals surface area contributed by atoms with Crippen LogP contribution in [0.4, 0.5) is 23.4 Å². The molecular formula is C9H7BrF4N2O. The molecule has 1 atom stereocenters. The third kappa shape index (κ3) is 3.65. The Morgan fingerprint density at radius 1 is 1.47 bits per heavy atom. The second kappa shape index (κ2) is 4.99. The van der Waals surface area contributed by atoms with Crippen molar-refractivity contribution in [1.29, 1.82) is 0 Å². The monoisotopic (exact) mass is 314 g/mol. The molecule has 1 aromatic heterocycles. The zero-order chi connectivity index (χ0) is 13.2. The average molecular weight is 315 g/mol. The number of amides is 1. The minimum Gasteiger partial charge on any atom is -0.308 e. The molecule has 8 heteroatoms. The fraction of sp³-hybridized carbons (Fsp3) is 0.333. The quantitative estimate of drug-likeness (QED) is 0.853. The van der Waals surface area contributed by atoms with Gasteiger partial charge in [0, 0.05) is 4.47 Å². The van der Waals surface area contributed by atoms with Gasteiger partial charge in [-0.15, -0.1) is 0 Å². The lowest BCUT2D eigenvalue weighted by atomic mass is 10.3. The van der Waals surface area contributed by atoms with Gasteiger partial charge < -0.3 is 5.32 Å². The van der Waals surface area contributed by atoms with Crippen LogP contribution >= 0.6 is 15.9 Å². The third-order valence-corrected chi connectivity index (χ3v) is 2.63. The highest BCUT2D eigenvalue weighted by molar-refractivity contribution is 9.10. The van der Waals surface area contributed by atoms with Crippen molar-refractivity contribution < 1.29 is 22.4 Å². The first-order valence-electron chi connectivity index (χ1n) is 4.36. The van der Waals surface area contributed by atoms with Gasteiger partial charge in [0.15, 0.2) is 0 Å². The molecule has 1 N–H and O–H groups in total. The van der Waals surface area contributed by atoms with Crippen LogP contribution < -0.4 is 5.32 Å². The summed E-state index contributed by atoms with van der Waals surface area (Å²) in [6.07, 6.45) is -8.78. The van der Waals surface area contributed by atoms with Crippen molar-refractivity contribution in [1.82, 2.24) is 4.98 Å². The molecule has 3 nitrogen and oxygen atoms in total. The Kier molecular flexibility index (Phi) is 4.07. The van der Waals surface area contributed by atoms with E-state index in [2.05, 4.69) is 20.9 Å². The predicted octanol–water partition coefficient (Wildman–Crippen LogP) is 2.99. The van der Waals surface area contributed by atoms with E-state index >= 15 is 0 Å². The lowest BCUT2D eigenvalue weighted by molar-refractivity contribution is -0.183. The number of pyridine rings is 1. The van der Waals surface area contributed by atoms with E-state index in [9.17, 15) is 22.4 Å². The molecule has 17 heavy (non-hydrogen) atoms. The first-order chi connectivity index (χ1) is 7.71. The molecule has 0 saturated carbocycles. The fourth-order valence-electron chi connectivity index (χ4n) is 0.952. The van der Waals surface area contributed by atoms with E-state index in [4.69, 9.17) is 0 Å². The fourth-order valence-corrected chi connectivity index (χ4v) is 1.17. The van der Waals surface area contributed by atoms with E-state index in [1.54, 1.807) is 12.2 Å². The van der Waals surface area contributed by atoms with E-state index in [-0.39, 0.29) is 5.82 Å². The average Bonchev–Trinajstić information content (AvgIpc) is 2.21. The number of hydrogen-bond donors (Lipinski definition) is 1. The standard InChI is InChI=1S/C9H7BrF4N2O/c1-4-5(10)2-3-6(15-4)16-8(17)7(11)9(12,13)14/h2-3,7H,1H3,(H,15,16,17)/t7-/m1/s1. The van der Waals surface area contributed by atoms with Gasteiger partial charge in [-0.25, -0.2) is 9.37 Å². The van der Waals surface area contributed by atoms with Crippen LogP contribution in [0.3, 0.4) is 0 Å². The summed E-state index contributed by atoms with van der Waals surface area (Å²) in [6, 6.07) is 2.75. The molecule has 0 spiro atoms. The van der Waals surface area contributed by atoms with Crippen LogP contribution in [-0.4, -0.2) is 23.2 Å². The summed E-state index contributed by atoms with van der Waals surface area (Å²) in [4.78, 5) is 14.7. The van der Waals surface area contributed by atoms with Gasteiger partial charge in [-0.05, 0) is 35.0 Å². The summed E-state index contributed by atoms with van der Waals surface area (Å²) in [5.74, 6) is -1.92. The van der Waals surface area contributed by atoms with E-state index in [1.807, 2.05) is 0 Å². The molecule has 0 aliphatic heterocycles. The number of carbonyl (C=O) groups excluding carboxylic acids is 1. The minimum atomic E-state index is -5.21. The first-order valence-corrected chi connectivity index (χ1v) is 5.16. The van der Waals surface area contributed by atoms with Crippen molar-refractivity contribution in [3.63, 3.8) is 0 Å². The SMILES string of the molecule is Cc1nc(NC(=O)[C@@H](F)C(F)(F)F)ccc1Br. The Morgan fingerprint density at radius 2 is 2.06 bits per heavy atom. The maximum absolute atomic E-state index is 12.6. The van der Waals surface area contributed by atoms with Crippen LogP contribution in [0.25, 0.3) is 0 Å². The second-order valence-electron chi connectivity index (χ2n) is 3.16. The van der Waals surface area contributed by atoms with E-state index in [0.29, 0.717) is 10.2 Å². The van der Waals surface area contributed by atoms with Crippen LogP contribution in [0.2, 0.25) is 0 Å². The van der Waals surface area contributed by atoms with Crippen molar-refractivity contribution in [2.24, 2.45) is 0 Å². The van der Waals surface area contributed by atoms with Crippen LogP contribution in [0.15, 0.2) is 16.6 Å². The van der Waals surface area contributed by atoms with Gasteiger partial charge in [0.2, 0.25) is 0 Å². The number of nitrogens with zero attached hydrogens (tertiary/aromatic N) is 1. The largest absolute Gasteiger partial charge is 0.428 e. The topological polar surface area (TPSA) is 42.0 Å². The van der Waals surface area contributed by atoms with Crippen LogP contribution in [0.5, 0.6) is 0 Å². The molecule has 94 valence electrons. The number of halogens is 5. The number of alkyl halides is 4. The van der Waals surface area contributed by atoms with Gasteiger partial charge in [-0.2, -0.15) is 13.2 Å². The van der Waals surface area contributed by atoms with Crippen molar-refractivity contribution in [3.05, 3.63) is 22.3 Å². The molecular weight excluding hydrogens is 308 g/mol. The normalized spacial score (nSPS) is 13.3. The highest BCUT2D eigenvalue weighted by Crippen LogP contribution is 2.24. The molecule has 1 aromatic rings. The Bertz CT molecular complexity index is 435. The van der Waals surface area contributed by atoms with Crippen LogP contribution in [0, 0.1) is 6.92 Å². The lowest BCUT2D eigenvalue weighted by Crippen LogP contribution is -2.37. The molecule has 0 fully saturated rings. The van der Waals surface area contributed by atoms with Gasteiger partial charge >= 0.3 is 6.18 Å². The molecule has 0 bridgehead atoms. The van der Waals surface area contributed by atoms with Crippen molar-refractivity contribution in [2.45, 2.75) is 19.3 Å². The number of carbonyl (C=O) groups is 1. The summed E-state index contributed by atoms with van der Waals surface area (Å²) >= 11 is 3.13. The number of aryl methyl sites for hydroxylation is 1. The molecule has 1 heterocycles. The molecule has 0 unspecified atom stereocenters. The molecule has 1 amide bonds. The number of hydrogen-bond acceptors (Lipinski definition) is 2. The zero-order valence-electron chi connectivity index (χ0n) is 8.48. The molecule has 0 aliphatic rings. The number of anilines is 1. The Balaban J connectivity index is 2.78. The van der Waals surface area contributed by atoms with Crippen molar-refractivity contribution >= 4 is 27.7 Å². The Morgan fingerprint density at radius 3 is 2.53 bits per heavy atom. The molecule has 0 radical (unpaired) electrons. The lowest BCUT2D eigenvalue weighted by Gasteiger charge is -2.12. The summed E-state index contributed by atoms with van der Waals surface area (Å²) in [7, 11) is 0. The maximum atomic E-state index is 12.6. The van der Waals surface area contributed by atoms with Gasteiger partial charge in [-0.1, -0.05) is 0 Å². The molecule has 1 rings (SSSR count). The number of aromatic nitrogens is 1. The summed E-state index contributed by atoms with van der Waals surface area (Å²) in [6.45, 7) is 1.58. The van der Waals surface area contributed by atoms with Crippen molar-refractivity contribution in [3.8, 4) is 0 Å². The van der Waals surface area contributed by atoms with Crippen LogP contribution in [-0.2, 0) is 4.79 Å². The van der Waals surface area contributed by atoms with E-state index in [1.165, 1.54) is 12.1 Å². The molecule has 0 aliphatic carbocycles. The van der Waals surface area contributed by atoms with Gasteiger partial charge in [-0.3, -0.25) is 4.79 Å². The molecule has 0 aromatic carbocycles. The van der Waals surface area contributed by atoms with Crippen molar-refractivity contribution in [2.75, 3.05) is 5.32 Å². The van der Waals surface area contributed by atoms with Crippen LogP contribution in [0.1, 0.15) is 5.69 Å². The van der Waals surface area contributed by atoms with Gasteiger partial charge in [0.25, 0.3) is 12.1 Å². The minimum absolute atomic E-state index is 0.136. The zero-order valence-corrected chi connectivity index (χ0v) is 10.1. The Hall–Kier alpha value is -1.18. The third-order valence-electron chi connectivity index (χ3n) is 1.79. The Labute approximate surface area is 102 Å². The summed E-state index contributed by atoms with van der Waals surface area (Å²) in [5.41, 5.74) is 0.463. The van der Waals surface area contributed by atoms with E-state index in [0.717, 1.165) is 0 Å². The second-order valence-corrected chi connectivity index (χ2v) is 4.01. The smallest absolute Gasteiger partial charge is 0.308 e. The van der Waals surface area contributed by atoms with E-state index < -0.39 is 18.3 Å². The summed E-state index contributed by atoms with van der Waals surface area (Å²) in [5, 5.41) is 1.75. The van der Waals surface area contributed by atoms with Gasteiger partial charge in [0.05, 0.1) is 5.69 Å². The first kappa shape index (κ1) is 13.9. The predicted molar refractivity (Wildman–Crippen MR) is 56.3 cm³/mol. The number of nitrogens with one attached hydrogen (secondary N) is 1. The highest BCUT2D eigenvalue weighted by atomic mass is 79.9. The maximum Gasteiger partial charge on any atom is 0.428 e. The summed E-state index contributed by atoms with van der Waals surface area (Å²) < 4.78 is 48.9. The van der Waals surface area contributed by atoms with Gasteiger partial charge in [0.1, 0.15) is 5.82 Å². The highest BCUT2D eigenvalue weighted by Gasteiger charge is 2.45. The molecule has 0 saturated heterocycles.